The zero-order valence-electron chi connectivity index (χ0n) is 9.81. The second-order valence-corrected chi connectivity index (χ2v) is 5.35. The number of ether oxygens (including phenoxy) is 2. The molecule has 1 aliphatic carbocycles. The lowest BCUT2D eigenvalue weighted by Crippen LogP contribution is -2.51. The second-order valence-electron chi connectivity index (χ2n) is 5.35. The van der Waals surface area contributed by atoms with E-state index in [-0.39, 0.29) is 11.1 Å². The summed E-state index contributed by atoms with van der Waals surface area (Å²) in [6.45, 7) is 0. The molecule has 0 spiro atoms. The van der Waals surface area contributed by atoms with Gasteiger partial charge in [-0.3, -0.25) is 9.59 Å². The first-order valence-electron chi connectivity index (χ1n) is 6.05. The van der Waals surface area contributed by atoms with E-state index >= 15 is 0 Å². The van der Waals surface area contributed by atoms with Crippen molar-refractivity contribution in [2.24, 2.45) is 23.7 Å². The molecular formula is C12H8O8. The minimum absolute atomic E-state index is 0.222. The van der Waals surface area contributed by atoms with Gasteiger partial charge in [0.2, 0.25) is 0 Å². The number of rotatable bonds is 2. The van der Waals surface area contributed by atoms with E-state index < -0.39 is 59.8 Å². The average molecular weight is 280 g/mol. The van der Waals surface area contributed by atoms with Gasteiger partial charge in [-0.05, 0) is 0 Å². The molecule has 3 aliphatic heterocycles. The number of esters is 2. The van der Waals surface area contributed by atoms with E-state index in [4.69, 9.17) is 14.9 Å². The lowest BCUT2D eigenvalue weighted by Gasteiger charge is -2.40. The third-order valence-corrected chi connectivity index (χ3v) is 4.67. The average Bonchev–Trinajstić information content (AvgIpc) is 2.87. The molecule has 3 fully saturated rings. The predicted molar refractivity (Wildman–Crippen MR) is 56.0 cm³/mol. The van der Waals surface area contributed by atoms with Crippen LogP contribution in [-0.2, 0) is 28.7 Å². The fourth-order valence-electron chi connectivity index (χ4n) is 4.05. The van der Waals surface area contributed by atoms with Crippen molar-refractivity contribution in [2.75, 3.05) is 0 Å². The molecule has 2 N–H and O–H groups in total. The van der Waals surface area contributed by atoms with Crippen molar-refractivity contribution in [1.29, 1.82) is 0 Å². The first-order valence-corrected chi connectivity index (χ1v) is 6.05. The molecule has 3 saturated heterocycles. The van der Waals surface area contributed by atoms with Gasteiger partial charge in [0.15, 0.2) is 0 Å². The molecule has 0 radical (unpaired) electrons. The number of hydrogen-bond donors (Lipinski definition) is 2. The number of carbonyl (C=O) groups excluding carboxylic acids is 2. The number of hydrogen-bond acceptors (Lipinski definition) is 6. The summed E-state index contributed by atoms with van der Waals surface area (Å²) in [5.74, 6) is -6.98. The summed E-state index contributed by atoms with van der Waals surface area (Å²) in [4.78, 5) is 45.6. The number of carboxylic acid groups (broad SMARTS) is 2. The van der Waals surface area contributed by atoms with E-state index in [1.54, 1.807) is 0 Å². The summed E-state index contributed by atoms with van der Waals surface area (Å²) < 4.78 is 10.1. The first kappa shape index (κ1) is 11.6. The quantitative estimate of drug-likeness (QED) is 0.476. The summed E-state index contributed by atoms with van der Waals surface area (Å²) in [6.07, 6.45) is -1.55. The Hall–Kier alpha value is -2.22. The van der Waals surface area contributed by atoms with Crippen LogP contribution in [0.1, 0.15) is 0 Å². The highest BCUT2D eigenvalue weighted by Crippen LogP contribution is 2.62. The van der Waals surface area contributed by atoms with Crippen LogP contribution in [0.2, 0.25) is 0 Å². The summed E-state index contributed by atoms with van der Waals surface area (Å²) in [5.41, 5.74) is -0.443. The number of carbonyl (C=O) groups is 4. The molecule has 20 heavy (non-hydrogen) atoms. The van der Waals surface area contributed by atoms with Crippen LogP contribution in [0.3, 0.4) is 0 Å². The summed E-state index contributed by atoms with van der Waals surface area (Å²) in [5, 5.41) is 18.3. The van der Waals surface area contributed by atoms with Crippen molar-refractivity contribution in [1.82, 2.24) is 0 Å². The molecule has 0 saturated carbocycles. The minimum Gasteiger partial charge on any atom is -0.478 e. The molecule has 6 atom stereocenters. The fourth-order valence-corrected chi connectivity index (χ4v) is 4.05. The third kappa shape index (κ3) is 1.03. The van der Waals surface area contributed by atoms with E-state index in [0.29, 0.717) is 0 Å². The Balaban J connectivity index is 1.81. The molecule has 0 aromatic carbocycles. The highest BCUT2D eigenvalue weighted by atomic mass is 16.6. The number of fused-ring (bicyclic) bond motifs is 8. The van der Waals surface area contributed by atoms with E-state index in [9.17, 15) is 19.2 Å². The molecule has 0 amide bonds. The molecule has 0 aromatic rings. The fraction of sp³-hybridized carbons (Fsp3) is 0.500. The van der Waals surface area contributed by atoms with Gasteiger partial charge < -0.3 is 19.7 Å². The van der Waals surface area contributed by atoms with Gasteiger partial charge in [-0.15, -0.1) is 0 Å². The summed E-state index contributed by atoms with van der Waals surface area (Å²) >= 11 is 0. The molecule has 104 valence electrons. The highest BCUT2D eigenvalue weighted by molar-refractivity contribution is 6.05. The van der Waals surface area contributed by atoms with Crippen molar-refractivity contribution in [2.45, 2.75) is 12.2 Å². The van der Waals surface area contributed by atoms with Crippen LogP contribution in [0.5, 0.6) is 0 Å². The van der Waals surface area contributed by atoms with Gasteiger partial charge in [0.1, 0.15) is 11.8 Å². The van der Waals surface area contributed by atoms with Crippen molar-refractivity contribution in [3.05, 3.63) is 11.1 Å². The second kappa shape index (κ2) is 3.26. The van der Waals surface area contributed by atoms with Gasteiger partial charge in [-0.1, -0.05) is 0 Å². The Bertz CT molecular complexity index is 579. The minimum atomic E-state index is -1.32. The summed E-state index contributed by atoms with van der Waals surface area (Å²) in [7, 11) is 0. The topological polar surface area (TPSA) is 127 Å². The van der Waals surface area contributed by atoms with E-state index in [1.165, 1.54) is 0 Å². The van der Waals surface area contributed by atoms with Crippen molar-refractivity contribution in [3.63, 3.8) is 0 Å². The molecule has 8 heteroatoms. The zero-order chi connectivity index (χ0) is 14.3. The lowest BCUT2D eigenvalue weighted by atomic mass is 9.56. The van der Waals surface area contributed by atoms with Crippen LogP contribution in [-0.4, -0.2) is 46.3 Å². The van der Waals surface area contributed by atoms with Gasteiger partial charge in [0.05, 0.1) is 23.4 Å². The maximum Gasteiger partial charge on any atom is 0.332 e. The first-order chi connectivity index (χ1) is 9.43. The third-order valence-electron chi connectivity index (χ3n) is 4.67. The molecule has 0 aromatic heterocycles. The Morgan fingerprint density at radius 2 is 1.20 bits per heavy atom. The smallest absolute Gasteiger partial charge is 0.332 e. The molecule has 4 rings (SSSR count). The molecule has 6 unspecified atom stereocenters. The van der Waals surface area contributed by atoms with Crippen LogP contribution < -0.4 is 0 Å². The van der Waals surface area contributed by atoms with Gasteiger partial charge in [0, 0.05) is 11.8 Å². The molecule has 8 nitrogen and oxygen atoms in total. The molecule has 2 bridgehead atoms. The van der Waals surface area contributed by atoms with Gasteiger partial charge in [0.25, 0.3) is 0 Å². The molecular weight excluding hydrogens is 272 g/mol. The van der Waals surface area contributed by atoms with Crippen molar-refractivity contribution in [3.8, 4) is 0 Å². The maximum absolute atomic E-state index is 11.6. The Morgan fingerprint density at radius 3 is 1.55 bits per heavy atom. The van der Waals surface area contributed by atoms with E-state index in [1.807, 2.05) is 0 Å². The van der Waals surface area contributed by atoms with Gasteiger partial charge in [-0.2, -0.15) is 0 Å². The Kier molecular flexibility index (Phi) is 1.89. The standard InChI is InChI=1S/C12H8O8/c13-9(14)3-1-2(4(3)10(15)16)8-6-5(7(1)19-8)11(17)20-12(6)18/h1-2,5-8H,(H,13,14)(H,15,16). The zero-order valence-corrected chi connectivity index (χ0v) is 9.81. The monoisotopic (exact) mass is 280 g/mol. The number of aliphatic carboxylic acids is 2. The normalized spacial score (nSPS) is 44.0. The van der Waals surface area contributed by atoms with Gasteiger partial charge in [-0.25, -0.2) is 9.59 Å². The number of cyclic esters (lactones) is 2. The Morgan fingerprint density at radius 1 is 0.800 bits per heavy atom. The molecule has 3 heterocycles. The highest BCUT2D eigenvalue weighted by Gasteiger charge is 2.74. The number of carboxylic acids is 2. The van der Waals surface area contributed by atoms with Crippen LogP contribution in [0.15, 0.2) is 11.1 Å². The van der Waals surface area contributed by atoms with E-state index in [0.717, 1.165) is 0 Å². The van der Waals surface area contributed by atoms with Crippen molar-refractivity contribution >= 4 is 23.9 Å². The molecule has 4 aliphatic rings. The van der Waals surface area contributed by atoms with Crippen molar-refractivity contribution < 1.29 is 38.9 Å². The van der Waals surface area contributed by atoms with E-state index in [2.05, 4.69) is 4.74 Å². The predicted octanol–water partition coefficient (Wildman–Crippen LogP) is -1.21. The largest absolute Gasteiger partial charge is 0.478 e. The van der Waals surface area contributed by atoms with Crippen LogP contribution in [0.25, 0.3) is 0 Å². The van der Waals surface area contributed by atoms with Crippen LogP contribution in [0, 0.1) is 23.7 Å². The van der Waals surface area contributed by atoms with Crippen LogP contribution in [0.4, 0.5) is 0 Å². The van der Waals surface area contributed by atoms with Crippen LogP contribution >= 0.6 is 0 Å². The Labute approximate surface area is 111 Å². The summed E-state index contributed by atoms with van der Waals surface area (Å²) in [6, 6.07) is 0. The SMILES string of the molecule is O=C(O)C1=C(C(=O)O)C2C3OC(C4C(=O)OC(=O)C34)C12. The lowest BCUT2D eigenvalue weighted by molar-refractivity contribution is -0.157. The maximum atomic E-state index is 11.6. The van der Waals surface area contributed by atoms with Gasteiger partial charge >= 0.3 is 23.9 Å².